The van der Waals surface area contributed by atoms with Crippen LogP contribution in [0.5, 0.6) is 0 Å². The number of thiophene rings is 1. The second-order valence-corrected chi connectivity index (χ2v) is 7.08. The van der Waals surface area contributed by atoms with Gasteiger partial charge in [0.2, 0.25) is 0 Å². The van der Waals surface area contributed by atoms with E-state index in [1.165, 1.54) is 11.3 Å². The van der Waals surface area contributed by atoms with Crippen LogP contribution in [0.2, 0.25) is 0 Å². The Kier molecular flexibility index (Phi) is 4.79. The maximum absolute atomic E-state index is 12.5. The standard InChI is InChI=1S/C17H13N3O3S2/c1-3-23-17(22)13-9(2)10(8-18)15(25-13)20-14(21)16-19-11-6-4-5-7-12(11)24-16/h4-7H,3H2,1-2H3,(H,20,21). The third kappa shape index (κ3) is 3.24. The van der Waals surface area contributed by atoms with Crippen LogP contribution in [0.1, 0.15) is 37.5 Å². The van der Waals surface area contributed by atoms with Gasteiger partial charge < -0.3 is 10.1 Å². The Labute approximate surface area is 151 Å². The highest BCUT2D eigenvalue weighted by atomic mass is 32.1. The minimum absolute atomic E-state index is 0.242. The van der Waals surface area contributed by atoms with Crippen LogP contribution in [-0.2, 0) is 4.74 Å². The zero-order valence-corrected chi connectivity index (χ0v) is 15.1. The number of benzene rings is 1. The number of fused-ring (bicyclic) bond motifs is 1. The van der Waals surface area contributed by atoms with E-state index in [-0.39, 0.29) is 12.2 Å². The molecule has 0 atom stereocenters. The Morgan fingerprint density at radius 1 is 1.32 bits per heavy atom. The summed E-state index contributed by atoms with van der Waals surface area (Å²) in [5.41, 5.74) is 1.51. The molecular formula is C17H13N3O3S2. The summed E-state index contributed by atoms with van der Waals surface area (Å²) in [6.45, 7) is 3.61. The summed E-state index contributed by atoms with van der Waals surface area (Å²) in [6, 6.07) is 9.49. The quantitative estimate of drug-likeness (QED) is 0.701. The first-order valence-corrected chi connectivity index (χ1v) is 9.06. The molecule has 0 fully saturated rings. The summed E-state index contributed by atoms with van der Waals surface area (Å²) in [5, 5.41) is 12.7. The zero-order valence-electron chi connectivity index (χ0n) is 13.5. The predicted molar refractivity (Wildman–Crippen MR) is 97.3 cm³/mol. The van der Waals surface area contributed by atoms with Crippen molar-refractivity contribution in [2.75, 3.05) is 11.9 Å². The van der Waals surface area contributed by atoms with Crippen molar-refractivity contribution in [3.05, 3.63) is 45.3 Å². The molecule has 3 aromatic rings. The van der Waals surface area contributed by atoms with Crippen molar-refractivity contribution >= 4 is 49.8 Å². The average Bonchev–Trinajstić information content (AvgIpc) is 3.16. The number of amides is 1. The van der Waals surface area contributed by atoms with Gasteiger partial charge in [-0.05, 0) is 31.5 Å². The van der Waals surface area contributed by atoms with Crippen LogP contribution in [-0.4, -0.2) is 23.5 Å². The largest absolute Gasteiger partial charge is 0.462 e. The Bertz CT molecular complexity index is 981. The number of nitriles is 1. The highest BCUT2D eigenvalue weighted by Crippen LogP contribution is 2.33. The van der Waals surface area contributed by atoms with Crippen molar-refractivity contribution < 1.29 is 14.3 Å². The van der Waals surface area contributed by atoms with Gasteiger partial charge >= 0.3 is 5.97 Å². The van der Waals surface area contributed by atoms with E-state index in [4.69, 9.17) is 4.74 Å². The smallest absolute Gasteiger partial charge is 0.348 e. The number of ether oxygens (including phenoxy) is 1. The van der Waals surface area contributed by atoms with Crippen molar-refractivity contribution in [1.82, 2.24) is 4.98 Å². The monoisotopic (exact) mass is 371 g/mol. The lowest BCUT2D eigenvalue weighted by Crippen LogP contribution is -2.11. The van der Waals surface area contributed by atoms with Crippen LogP contribution in [0.4, 0.5) is 5.00 Å². The number of nitrogens with one attached hydrogen (secondary N) is 1. The zero-order chi connectivity index (χ0) is 18.0. The lowest BCUT2D eigenvalue weighted by Gasteiger charge is -1.99. The van der Waals surface area contributed by atoms with Crippen LogP contribution in [0, 0.1) is 18.3 Å². The number of nitrogens with zero attached hydrogens (tertiary/aromatic N) is 2. The summed E-state index contributed by atoms with van der Waals surface area (Å²) in [7, 11) is 0. The molecule has 0 radical (unpaired) electrons. The van der Waals surface area contributed by atoms with Crippen LogP contribution in [0.3, 0.4) is 0 Å². The van der Waals surface area contributed by atoms with Gasteiger partial charge in [-0.25, -0.2) is 9.78 Å². The predicted octanol–water partition coefficient (Wildman–Crippen LogP) is 3.97. The first-order chi connectivity index (χ1) is 12.0. The molecule has 2 heterocycles. The molecule has 8 heteroatoms. The highest BCUT2D eigenvalue weighted by molar-refractivity contribution is 7.21. The van der Waals surface area contributed by atoms with Gasteiger partial charge in [0.15, 0.2) is 5.01 Å². The van der Waals surface area contributed by atoms with Gasteiger partial charge in [-0.1, -0.05) is 12.1 Å². The number of rotatable bonds is 4. The number of anilines is 1. The van der Waals surface area contributed by atoms with Crippen LogP contribution < -0.4 is 5.32 Å². The molecule has 1 N–H and O–H groups in total. The third-order valence-corrected chi connectivity index (χ3v) is 5.66. The molecule has 0 saturated carbocycles. The first kappa shape index (κ1) is 17.1. The average molecular weight is 371 g/mol. The van der Waals surface area contributed by atoms with Crippen LogP contribution >= 0.6 is 22.7 Å². The molecule has 0 aliphatic carbocycles. The second kappa shape index (κ2) is 7.01. The van der Waals surface area contributed by atoms with E-state index >= 15 is 0 Å². The fraction of sp³-hybridized carbons (Fsp3) is 0.176. The summed E-state index contributed by atoms with van der Waals surface area (Å²) in [5.74, 6) is -0.906. The number of hydrogen-bond donors (Lipinski definition) is 1. The van der Waals surface area contributed by atoms with Gasteiger partial charge in [-0.3, -0.25) is 4.79 Å². The maximum atomic E-state index is 12.5. The van der Waals surface area contributed by atoms with E-state index < -0.39 is 11.9 Å². The molecule has 0 unspecified atom stereocenters. The molecule has 1 aromatic carbocycles. The lowest BCUT2D eigenvalue weighted by molar-refractivity contribution is 0.0531. The van der Waals surface area contributed by atoms with E-state index in [1.807, 2.05) is 30.3 Å². The molecule has 0 aliphatic heterocycles. The van der Waals surface area contributed by atoms with Crippen LogP contribution in [0.15, 0.2) is 24.3 Å². The lowest BCUT2D eigenvalue weighted by atomic mass is 10.2. The summed E-state index contributed by atoms with van der Waals surface area (Å²) < 4.78 is 5.90. The summed E-state index contributed by atoms with van der Waals surface area (Å²) in [4.78, 5) is 29.1. The van der Waals surface area contributed by atoms with Crippen molar-refractivity contribution in [3.63, 3.8) is 0 Å². The van der Waals surface area contributed by atoms with E-state index in [0.29, 0.717) is 20.4 Å². The minimum Gasteiger partial charge on any atom is -0.462 e. The molecule has 0 spiro atoms. The van der Waals surface area contributed by atoms with E-state index in [0.717, 1.165) is 21.6 Å². The van der Waals surface area contributed by atoms with Crippen molar-refractivity contribution in [2.45, 2.75) is 13.8 Å². The third-order valence-electron chi connectivity index (χ3n) is 3.43. The van der Waals surface area contributed by atoms with E-state index in [9.17, 15) is 14.9 Å². The number of para-hydroxylation sites is 1. The molecule has 1 amide bonds. The number of carbonyl (C=O) groups excluding carboxylic acids is 2. The Hall–Kier alpha value is -2.76. The topological polar surface area (TPSA) is 92.1 Å². The van der Waals surface area contributed by atoms with Gasteiger partial charge in [-0.2, -0.15) is 5.26 Å². The SMILES string of the molecule is CCOC(=O)c1sc(NC(=O)c2nc3ccccc3s2)c(C#N)c1C. The van der Waals surface area contributed by atoms with Gasteiger partial charge in [-0.15, -0.1) is 22.7 Å². The van der Waals surface area contributed by atoms with E-state index in [1.54, 1.807) is 13.8 Å². The van der Waals surface area contributed by atoms with Gasteiger partial charge in [0.1, 0.15) is 15.9 Å². The molecular weight excluding hydrogens is 358 g/mol. The molecule has 0 aliphatic rings. The van der Waals surface area contributed by atoms with Crippen molar-refractivity contribution in [2.24, 2.45) is 0 Å². The molecule has 3 rings (SSSR count). The Morgan fingerprint density at radius 3 is 2.76 bits per heavy atom. The molecule has 0 bridgehead atoms. The molecule has 2 aromatic heterocycles. The van der Waals surface area contributed by atoms with E-state index in [2.05, 4.69) is 10.3 Å². The summed E-state index contributed by atoms with van der Waals surface area (Å²) >= 11 is 2.31. The first-order valence-electron chi connectivity index (χ1n) is 7.42. The van der Waals surface area contributed by atoms with Gasteiger partial charge in [0.05, 0.1) is 22.4 Å². The molecule has 6 nitrogen and oxygen atoms in total. The van der Waals surface area contributed by atoms with Crippen molar-refractivity contribution in [3.8, 4) is 6.07 Å². The Morgan fingerprint density at radius 2 is 2.08 bits per heavy atom. The fourth-order valence-electron chi connectivity index (χ4n) is 2.25. The fourth-order valence-corrected chi connectivity index (χ4v) is 4.16. The normalized spacial score (nSPS) is 10.4. The number of carbonyl (C=O) groups is 2. The minimum atomic E-state index is -0.498. The number of thiazole rings is 1. The second-order valence-electron chi connectivity index (χ2n) is 5.03. The van der Waals surface area contributed by atoms with Gasteiger partial charge in [0.25, 0.3) is 5.91 Å². The number of esters is 1. The highest BCUT2D eigenvalue weighted by Gasteiger charge is 2.23. The van der Waals surface area contributed by atoms with Crippen LogP contribution in [0.25, 0.3) is 10.2 Å². The molecule has 126 valence electrons. The summed E-state index contributed by atoms with van der Waals surface area (Å²) in [6.07, 6.45) is 0. The number of aromatic nitrogens is 1. The molecule has 25 heavy (non-hydrogen) atoms. The van der Waals surface area contributed by atoms with Crippen molar-refractivity contribution in [1.29, 1.82) is 5.26 Å². The van der Waals surface area contributed by atoms with Gasteiger partial charge in [0, 0.05) is 0 Å². The maximum Gasteiger partial charge on any atom is 0.348 e. The number of hydrogen-bond acceptors (Lipinski definition) is 7. The molecule has 0 saturated heterocycles. The Balaban J connectivity index is 1.91.